The van der Waals surface area contributed by atoms with Crippen molar-refractivity contribution >= 4 is 56.0 Å². The molecule has 1 aliphatic rings. The molecule has 4 aromatic rings. The number of hydrogen-bond donors (Lipinski definition) is 2. The second-order valence-corrected chi connectivity index (χ2v) is 11.2. The smallest absolute Gasteiger partial charge is 0.153 e. The number of anilines is 1. The van der Waals surface area contributed by atoms with Gasteiger partial charge in [0.15, 0.2) is 16.8 Å². The summed E-state index contributed by atoms with van der Waals surface area (Å²) in [6.45, 7) is 1.96. The molecule has 2 N–H and O–H groups in total. The van der Waals surface area contributed by atoms with Gasteiger partial charge in [0, 0.05) is 11.6 Å². The molecule has 0 amide bonds. The van der Waals surface area contributed by atoms with Crippen molar-refractivity contribution in [3.8, 4) is 5.82 Å². The quantitative estimate of drug-likeness (QED) is 0.257. The number of nitrogens with one attached hydrogen (secondary N) is 1. The molecule has 8 nitrogen and oxygen atoms in total. The Balaban J connectivity index is 1.41. The van der Waals surface area contributed by atoms with Crippen LogP contribution >= 0.6 is 28.4 Å². The maximum absolute atomic E-state index is 13.1. The Bertz CT molecular complexity index is 1320. The molecule has 1 aliphatic carbocycles. The normalized spacial score (nSPS) is 16.8. The fourth-order valence-electron chi connectivity index (χ4n) is 4.27. The SMILES string of the molecule is Cc1nn(PI)c2cccc(NS(=O)c3cnn(-c4cc(C5(O)CCCC5)ccn4)c3)c12. The number of hydrogen-bond acceptors (Lipinski definition) is 5. The Kier molecular flexibility index (Phi) is 6.04. The zero-order valence-corrected chi connectivity index (χ0v) is 21.3. The van der Waals surface area contributed by atoms with E-state index < -0.39 is 16.6 Å². The fraction of sp³-hybridized carbons (Fsp3) is 0.286. The molecule has 0 radical (unpaired) electrons. The van der Waals surface area contributed by atoms with Crippen molar-refractivity contribution in [2.45, 2.75) is 43.1 Å². The number of benzene rings is 1. The number of aryl methyl sites for hydroxylation is 1. The van der Waals surface area contributed by atoms with Gasteiger partial charge in [-0.2, -0.15) is 10.2 Å². The first-order chi connectivity index (χ1) is 15.5. The van der Waals surface area contributed by atoms with Gasteiger partial charge in [0.2, 0.25) is 0 Å². The third-order valence-electron chi connectivity index (χ3n) is 5.89. The molecular weight excluding hydrogens is 558 g/mol. The first kappa shape index (κ1) is 21.9. The van der Waals surface area contributed by atoms with Crippen LogP contribution in [0.3, 0.4) is 0 Å². The fourth-order valence-corrected chi connectivity index (χ4v) is 6.66. The topological polar surface area (TPSA) is 97.9 Å². The highest BCUT2D eigenvalue weighted by atomic mass is 127. The van der Waals surface area contributed by atoms with Crippen molar-refractivity contribution in [2.24, 2.45) is 0 Å². The van der Waals surface area contributed by atoms with Crippen molar-refractivity contribution < 1.29 is 9.32 Å². The van der Waals surface area contributed by atoms with E-state index in [0.29, 0.717) is 17.1 Å². The van der Waals surface area contributed by atoms with Gasteiger partial charge in [-0.05, 0) is 71.6 Å². The van der Waals surface area contributed by atoms with Gasteiger partial charge in [0.1, 0.15) is 0 Å². The molecule has 0 spiro atoms. The van der Waals surface area contributed by atoms with E-state index in [1.165, 1.54) is 0 Å². The van der Waals surface area contributed by atoms with E-state index in [9.17, 15) is 9.32 Å². The number of halogens is 1. The lowest BCUT2D eigenvalue weighted by Crippen LogP contribution is -2.21. The number of nitrogens with zero attached hydrogens (tertiary/aromatic N) is 5. The standard InChI is InChI=1S/C21H22IN6O2PS/c1-14-20-17(5-4-6-18(20)28(25-14)31-22)26-32(30)16-12-24-27(13-16)19-11-15(7-10-23-19)21(29)8-2-3-9-21/h4-7,10-13,26,29,31H,2-3,8-9H2,1H3. The second kappa shape index (κ2) is 8.81. The zero-order valence-electron chi connectivity index (χ0n) is 17.3. The number of pyridine rings is 1. The summed E-state index contributed by atoms with van der Waals surface area (Å²) in [5.41, 5.74) is 2.74. The number of fused-ring (bicyclic) bond motifs is 1. The van der Waals surface area contributed by atoms with Crippen molar-refractivity contribution in [3.63, 3.8) is 0 Å². The van der Waals surface area contributed by atoms with Crippen LogP contribution < -0.4 is 4.72 Å². The van der Waals surface area contributed by atoms with Gasteiger partial charge in [-0.1, -0.05) is 18.9 Å². The monoisotopic (exact) mass is 580 g/mol. The van der Waals surface area contributed by atoms with Crippen molar-refractivity contribution in [1.82, 2.24) is 24.3 Å². The maximum atomic E-state index is 13.1. The van der Waals surface area contributed by atoms with Crippen molar-refractivity contribution in [3.05, 3.63) is 60.2 Å². The van der Waals surface area contributed by atoms with Gasteiger partial charge in [-0.15, -0.1) is 0 Å². The van der Waals surface area contributed by atoms with E-state index in [4.69, 9.17) is 0 Å². The summed E-state index contributed by atoms with van der Waals surface area (Å²) in [5, 5.41) is 20.8. The molecule has 166 valence electrons. The lowest BCUT2D eigenvalue weighted by Gasteiger charge is -2.22. The predicted molar refractivity (Wildman–Crippen MR) is 136 cm³/mol. The number of aromatic nitrogens is 5. The first-order valence-electron chi connectivity index (χ1n) is 10.3. The molecule has 0 saturated heterocycles. The molecule has 11 heteroatoms. The number of aliphatic hydroxyl groups is 1. The lowest BCUT2D eigenvalue weighted by molar-refractivity contribution is 0.0444. The van der Waals surface area contributed by atoms with Gasteiger partial charge < -0.3 is 9.83 Å². The van der Waals surface area contributed by atoms with Crippen LogP contribution in [0.4, 0.5) is 5.69 Å². The van der Waals surface area contributed by atoms with Crippen LogP contribution in [0.25, 0.3) is 16.7 Å². The van der Waals surface area contributed by atoms with Crippen LogP contribution in [0.15, 0.2) is 53.8 Å². The van der Waals surface area contributed by atoms with Crippen LogP contribution in [0.2, 0.25) is 0 Å². The Morgan fingerprint density at radius 1 is 1.28 bits per heavy atom. The van der Waals surface area contributed by atoms with E-state index in [2.05, 4.69) is 41.9 Å². The van der Waals surface area contributed by atoms with Gasteiger partial charge in [-0.3, -0.25) is 0 Å². The molecule has 3 heterocycles. The Morgan fingerprint density at radius 2 is 2.09 bits per heavy atom. The molecule has 2 atom stereocenters. The van der Waals surface area contributed by atoms with Gasteiger partial charge in [-0.25, -0.2) is 18.3 Å². The molecule has 2 unspecified atom stereocenters. The van der Waals surface area contributed by atoms with Gasteiger partial charge in [0.05, 0.1) is 46.2 Å². The van der Waals surface area contributed by atoms with E-state index in [0.717, 1.165) is 53.5 Å². The minimum absolute atomic E-state index is 0.489. The van der Waals surface area contributed by atoms with Crippen molar-refractivity contribution in [1.29, 1.82) is 0 Å². The number of rotatable bonds is 6. The summed E-state index contributed by atoms with van der Waals surface area (Å²) in [7, 11) is -1.51. The Hall–Kier alpha value is -1.88. The summed E-state index contributed by atoms with van der Waals surface area (Å²) in [6.07, 6.45) is 9.02. The Morgan fingerprint density at radius 3 is 2.88 bits per heavy atom. The summed E-state index contributed by atoms with van der Waals surface area (Å²) >= 11 is 2.30. The summed E-state index contributed by atoms with van der Waals surface area (Å²) < 4.78 is 19.7. The predicted octanol–water partition coefficient (Wildman–Crippen LogP) is 4.61. The van der Waals surface area contributed by atoms with Crippen molar-refractivity contribution in [2.75, 3.05) is 4.72 Å². The van der Waals surface area contributed by atoms with Crippen LogP contribution in [0.5, 0.6) is 0 Å². The van der Waals surface area contributed by atoms with E-state index in [1.807, 2.05) is 41.7 Å². The molecule has 3 aromatic heterocycles. The zero-order chi connectivity index (χ0) is 22.3. The minimum Gasteiger partial charge on any atom is -0.385 e. The third-order valence-corrected chi connectivity index (χ3v) is 8.80. The molecule has 1 aromatic carbocycles. The first-order valence-corrected chi connectivity index (χ1v) is 15.5. The second-order valence-electron chi connectivity index (χ2n) is 7.91. The molecule has 0 aliphatic heterocycles. The van der Waals surface area contributed by atoms with Crippen LogP contribution in [0, 0.1) is 6.92 Å². The summed E-state index contributed by atoms with van der Waals surface area (Å²) in [6, 6.07) is 9.58. The average molecular weight is 580 g/mol. The molecule has 1 saturated carbocycles. The summed E-state index contributed by atoms with van der Waals surface area (Å²) in [5.74, 6) is 0.591. The lowest BCUT2D eigenvalue weighted by atomic mass is 9.93. The van der Waals surface area contributed by atoms with E-state index in [1.54, 1.807) is 23.3 Å². The highest BCUT2D eigenvalue weighted by Crippen LogP contribution is 2.38. The highest BCUT2D eigenvalue weighted by molar-refractivity contribution is 14.2. The molecular formula is C21H22IN6O2PS. The Labute approximate surface area is 202 Å². The van der Waals surface area contributed by atoms with Gasteiger partial charge in [0.25, 0.3) is 0 Å². The third kappa shape index (κ3) is 3.98. The maximum Gasteiger partial charge on any atom is 0.153 e. The van der Waals surface area contributed by atoms with Crippen LogP contribution in [-0.2, 0) is 16.6 Å². The van der Waals surface area contributed by atoms with Crippen LogP contribution in [-0.4, -0.2) is 33.6 Å². The highest BCUT2D eigenvalue weighted by Gasteiger charge is 2.33. The molecule has 1 fully saturated rings. The average Bonchev–Trinajstić information content (AvgIpc) is 3.54. The molecule has 5 rings (SSSR count). The van der Waals surface area contributed by atoms with E-state index in [-0.39, 0.29) is 0 Å². The minimum atomic E-state index is -1.51. The summed E-state index contributed by atoms with van der Waals surface area (Å²) in [4.78, 5) is 4.93. The molecule has 32 heavy (non-hydrogen) atoms. The molecule has 0 bridgehead atoms. The largest absolute Gasteiger partial charge is 0.385 e. The van der Waals surface area contributed by atoms with E-state index >= 15 is 0 Å². The van der Waals surface area contributed by atoms with Crippen LogP contribution in [0.1, 0.15) is 36.9 Å². The van der Waals surface area contributed by atoms with Gasteiger partial charge >= 0.3 is 0 Å².